The molecule has 0 aromatic rings. The number of aliphatic carboxylic acids is 1. The lowest BCUT2D eigenvalue weighted by Crippen LogP contribution is -2.52. The fourth-order valence-corrected chi connectivity index (χ4v) is 7.06. The highest BCUT2D eigenvalue weighted by atomic mass is 16.4. The lowest BCUT2D eigenvalue weighted by atomic mass is 9.45. The van der Waals surface area contributed by atoms with Gasteiger partial charge in [-0.05, 0) is 74.0 Å². The fraction of sp³-hybridized carbons (Fsp3) is 0.810. The van der Waals surface area contributed by atoms with E-state index < -0.39 is 5.97 Å². The van der Waals surface area contributed by atoms with E-state index in [2.05, 4.69) is 19.9 Å². The van der Waals surface area contributed by atoms with Crippen LogP contribution in [0.4, 0.5) is 0 Å². The van der Waals surface area contributed by atoms with Crippen LogP contribution in [-0.4, -0.2) is 16.9 Å². The summed E-state index contributed by atoms with van der Waals surface area (Å²) >= 11 is 0. The zero-order valence-electron chi connectivity index (χ0n) is 15.0. The number of rotatable bonds is 2. The monoisotopic (exact) mass is 330 g/mol. The van der Waals surface area contributed by atoms with E-state index in [0.717, 1.165) is 43.6 Å². The Morgan fingerprint density at radius 1 is 1.21 bits per heavy atom. The molecule has 3 heteroatoms. The first kappa shape index (κ1) is 16.4. The maximum atomic E-state index is 12.4. The topological polar surface area (TPSA) is 54.4 Å². The summed E-state index contributed by atoms with van der Waals surface area (Å²) in [6, 6.07) is 0. The number of carbonyl (C=O) groups excluding carboxylic acids is 1. The van der Waals surface area contributed by atoms with E-state index in [9.17, 15) is 9.59 Å². The van der Waals surface area contributed by atoms with Gasteiger partial charge in [-0.3, -0.25) is 9.59 Å². The predicted octanol–water partition coefficient (Wildman–Crippen LogP) is 4.61. The van der Waals surface area contributed by atoms with Crippen molar-refractivity contribution in [3.63, 3.8) is 0 Å². The van der Waals surface area contributed by atoms with Gasteiger partial charge in [-0.25, -0.2) is 0 Å². The van der Waals surface area contributed by atoms with E-state index in [-0.39, 0.29) is 11.8 Å². The second-order valence-corrected chi connectivity index (χ2v) is 9.42. The molecule has 1 N–H and O–H groups in total. The number of carbonyl (C=O) groups is 2. The molecule has 0 aromatic heterocycles. The van der Waals surface area contributed by atoms with Crippen LogP contribution in [0, 0.1) is 34.5 Å². The zero-order valence-corrected chi connectivity index (χ0v) is 15.0. The number of carboxylic acid groups (broad SMARTS) is 1. The van der Waals surface area contributed by atoms with E-state index in [4.69, 9.17) is 5.11 Å². The molecule has 6 atom stereocenters. The summed E-state index contributed by atoms with van der Waals surface area (Å²) < 4.78 is 0. The van der Waals surface area contributed by atoms with E-state index in [1.807, 2.05) is 0 Å². The lowest BCUT2D eigenvalue weighted by Gasteiger charge is -2.59. The average molecular weight is 330 g/mol. The smallest absolute Gasteiger partial charge is 0.307 e. The molecule has 3 saturated carbocycles. The number of hydrogen-bond donors (Lipinski definition) is 1. The predicted molar refractivity (Wildman–Crippen MR) is 92.5 cm³/mol. The van der Waals surface area contributed by atoms with E-state index in [0.29, 0.717) is 29.0 Å². The molecule has 0 bridgehead atoms. The Kier molecular flexibility index (Phi) is 3.71. The second kappa shape index (κ2) is 5.44. The molecule has 4 aliphatic rings. The second-order valence-electron chi connectivity index (χ2n) is 9.42. The Balaban J connectivity index is 1.59. The highest BCUT2D eigenvalue weighted by Gasteiger charge is 2.59. The van der Waals surface area contributed by atoms with Gasteiger partial charge >= 0.3 is 5.97 Å². The van der Waals surface area contributed by atoms with Gasteiger partial charge in [0.15, 0.2) is 0 Å². The van der Waals surface area contributed by atoms with Crippen LogP contribution in [0.1, 0.15) is 71.6 Å². The Morgan fingerprint density at radius 3 is 2.75 bits per heavy atom. The summed E-state index contributed by atoms with van der Waals surface area (Å²) in [6.07, 6.45) is 11.1. The number of allylic oxidation sites excluding steroid dienone is 1. The number of Topliss-reactive ketones (excluding diaryl/α,β-unsaturated/α-hetero) is 1. The van der Waals surface area contributed by atoms with Crippen LogP contribution < -0.4 is 0 Å². The molecule has 0 radical (unpaired) electrons. The summed E-state index contributed by atoms with van der Waals surface area (Å²) in [5.41, 5.74) is 1.42. The SMILES string of the molecule is C[C@]12CC=C(CC(=O)O)C[C@@H]1CC[C@H]1[C@H]2CC[C@]2(C)C(=O)CC[C@H]12. The first-order chi connectivity index (χ1) is 11.3. The van der Waals surface area contributed by atoms with E-state index >= 15 is 0 Å². The van der Waals surface area contributed by atoms with Gasteiger partial charge in [0.05, 0.1) is 6.42 Å². The Labute approximate surface area is 144 Å². The van der Waals surface area contributed by atoms with Crippen molar-refractivity contribution in [1.29, 1.82) is 0 Å². The molecule has 24 heavy (non-hydrogen) atoms. The molecule has 4 aliphatic carbocycles. The van der Waals surface area contributed by atoms with Crippen molar-refractivity contribution in [3.05, 3.63) is 11.6 Å². The van der Waals surface area contributed by atoms with Gasteiger partial charge in [0.1, 0.15) is 5.78 Å². The van der Waals surface area contributed by atoms with Gasteiger partial charge in [-0.1, -0.05) is 25.5 Å². The van der Waals surface area contributed by atoms with Gasteiger partial charge in [0, 0.05) is 11.8 Å². The molecular weight excluding hydrogens is 300 g/mol. The summed E-state index contributed by atoms with van der Waals surface area (Å²) in [4.78, 5) is 23.5. The summed E-state index contributed by atoms with van der Waals surface area (Å²) in [5.74, 6) is 2.50. The molecule has 0 amide bonds. The Morgan fingerprint density at radius 2 is 2.00 bits per heavy atom. The Bertz CT molecular complexity index is 606. The summed E-state index contributed by atoms with van der Waals surface area (Å²) in [5, 5.41) is 9.10. The van der Waals surface area contributed by atoms with Crippen molar-refractivity contribution in [1.82, 2.24) is 0 Å². The molecule has 4 rings (SSSR count). The van der Waals surface area contributed by atoms with Crippen molar-refractivity contribution in [2.45, 2.75) is 71.6 Å². The van der Waals surface area contributed by atoms with E-state index in [1.54, 1.807) is 0 Å². The molecule has 0 spiro atoms. The van der Waals surface area contributed by atoms with Crippen molar-refractivity contribution in [2.24, 2.45) is 34.5 Å². The van der Waals surface area contributed by atoms with Crippen molar-refractivity contribution >= 4 is 11.8 Å². The fourth-order valence-electron chi connectivity index (χ4n) is 7.06. The average Bonchev–Trinajstić information content (AvgIpc) is 2.83. The minimum absolute atomic E-state index is 0.0384. The van der Waals surface area contributed by atoms with Crippen LogP contribution in [0.15, 0.2) is 11.6 Å². The normalized spacial score (nSPS) is 47.4. The minimum atomic E-state index is -0.698. The summed E-state index contributed by atoms with van der Waals surface area (Å²) in [6.45, 7) is 4.70. The van der Waals surface area contributed by atoms with Crippen LogP contribution >= 0.6 is 0 Å². The first-order valence-corrected chi connectivity index (χ1v) is 9.77. The third-order valence-corrected chi connectivity index (χ3v) is 8.49. The third-order valence-electron chi connectivity index (χ3n) is 8.49. The quantitative estimate of drug-likeness (QED) is 0.752. The number of ketones is 1. The first-order valence-electron chi connectivity index (χ1n) is 9.77. The lowest BCUT2D eigenvalue weighted by molar-refractivity contribution is -0.137. The standard InChI is InChI=1S/C21H30O3/c1-20-9-7-13(12-19(23)24)11-14(20)3-4-15-16-5-6-18(22)21(16,2)10-8-17(15)20/h7,14-17H,3-6,8-12H2,1-2H3,(H,23,24)/t14-,15+,16+,17+,20-,21-/m0/s1. The molecule has 132 valence electrons. The highest BCUT2D eigenvalue weighted by Crippen LogP contribution is 2.65. The number of hydrogen-bond acceptors (Lipinski definition) is 2. The van der Waals surface area contributed by atoms with Crippen LogP contribution in [-0.2, 0) is 9.59 Å². The third kappa shape index (κ3) is 2.23. The molecular formula is C21H30O3. The summed E-state index contributed by atoms with van der Waals surface area (Å²) in [7, 11) is 0. The van der Waals surface area contributed by atoms with Crippen molar-refractivity contribution in [2.75, 3.05) is 0 Å². The maximum Gasteiger partial charge on any atom is 0.307 e. The largest absolute Gasteiger partial charge is 0.481 e. The number of carboxylic acids is 1. The van der Waals surface area contributed by atoms with Gasteiger partial charge in [-0.15, -0.1) is 0 Å². The van der Waals surface area contributed by atoms with Crippen LogP contribution in [0.25, 0.3) is 0 Å². The van der Waals surface area contributed by atoms with Gasteiger partial charge in [0.2, 0.25) is 0 Å². The van der Waals surface area contributed by atoms with Crippen LogP contribution in [0.5, 0.6) is 0 Å². The Hall–Kier alpha value is -1.12. The molecule has 0 heterocycles. The number of fused-ring (bicyclic) bond motifs is 5. The molecule has 0 aliphatic heterocycles. The van der Waals surface area contributed by atoms with Gasteiger partial charge in [0.25, 0.3) is 0 Å². The van der Waals surface area contributed by atoms with Crippen molar-refractivity contribution in [3.8, 4) is 0 Å². The molecule has 0 saturated heterocycles. The van der Waals surface area contributed by atoms with Gasteiger partial charge in [-0.2, -0.15) is 0 Å². The maximum absolute atomic E-state index is 12.4. The molecule has 0 unspecified atom stereocenters. The van der Waals surface area contributed by atoms with Crippen LogP contribution in [0.3, 0.4) is 0 Å². The zero-order chi connectivity index (χ0) is 17.1. The minimum Gasteiger partial charge on any atom is -0.481 e. The highest BCUT2D eigenvalue weighted by molar-refractivity contribution is 5.87. The van der Waals surface area contributed by atoms with Crippen molar-refractivity contribution < 1.29 is 14.7 Å². The van der Waals surface area contributed by atoms with E-state index in [1.165, 1.54) is 19.3 Å². The molecule has 3 nitrogen and oxygen atoms in total. The van der Waals surface area contributed by atoms with Gasteiger partial charge < -0.3 is 5.11 Å². The van der Waals surface area contributed by atoms with Crippen LogP contribution in [0.2, 0.25) is 0 Å². The molecule has 0 aromatic carbocycles. The molecule has 3 fully saturated rings.